The van der Waals surface area contributed by atoms with Crippen LogP contribution in [0.4, 0.5) is 0 Å². The number of aromatic nitrogens is 4. The number of rotatable bonds is 5. The number of hydrogen-bond acceptors (Lipinski definition) is 5. The molecule has 106 valence electrons. The minimum absolute atomic E-state index is 0.104. The Morgan fingerprint density at radius 3 is 3.05 bits per heavy atom. The number of carbonyl (C=O) groups is 1. The molecular formula is C13H17N5OS. The summed E-state index contributed by atoms with van der Waals surface area (Å²) < 4.78 is 6.03. The van der Waals surface area contributed by atoms with Crippen LogP contribution in [0.25, 0.3) is 0 Å². The van der Waals surface area contributed by atoms with Gasteiger partial charge in [-0.3, -0.25) is 4.79 Å². The highest BCUT2D eigenvalue weighted by Crippen LogP contribution is 2.35. The molecule has 0 radical (unpaired) electrons. The number of imidazole rings is 1. The fraction of sp³-hybridized carbons (Fsp3) is 0.538. The Labute approximate surface area is 121 Å². The van der Waals surface area contributed by atoms with Crippen LogP contribution in [0.15, 0.2) is 12.5 Å². The fourth-order valence-electron chi connectivity index (χ4n) is 2.13. The highest BCUT2D eigenvalue weighted by Gasteiger charge is 2.25. The van der Waals surface area contributed by atoms with Gasteiger partial charge >= 0.3 is 0 Å². The largest absolute Gasteiger partial charge is 0.346 e. The third-order valence-electron chi connectivity index (χ3n) is 3.38. The van der Waals surface area contributed by atoms with Gasteiger partial charge in [-0.1, -0.05) is 18.3 Å². The molecule has 1 aliphatic carbocycles. The van der Waals surface area contributed by atoms with E-state index in [0.29, 0.717) is 17.5 Å². The Bertz CT molecular complexity index is 614. The second-order valence-electron chi connectivity index (χ2n) is 5.35. The van der Waals surface area contributed by atoms with Gasteiger partial charge in [0.05, 0.1) is 24.3 Å². The van der Waals surface area contributed by atoms with Gasteiger partial charge in [-0.2, -0.15) is 0 Å². The predicted octanol–water partition coefficient (Wildman–Crippen LogP) is 2.12. The van der Waals surface area contributed by atoms with Crippen molar-refractivity contribution >= 4 is 17.4 Å². The van der Waals surface area contributed by atoms with E-state index in [0.717, 1.165) is 22.9 Å². The van der Waals surface area contributed by atoms with Gasteiger partial charge in [0.2, 0.25) is 0 Å². The molecule has 1 saturated carbocycles. The zero-order chi connectivity index (χ0) is 14.1. The van der Waals surface area contributed by atoms with Gasteiger partial charge in [-0.05, 0) is 30.3 Å². The van der Waals surface area contributed by atoms with Crippen LogP contribution in [0.1, 0.15) is 59.7 Å². The highest BCUT2D eigenvalue weighted by molar-refractivity contribution is 7.08. The molecule has 0 saturated heterocycles. The lowest BCUT2D eigenvalue weighted by molar-refractivity contribution is 0.0952. The lowest BCUT2D eigenvalue weighted by atomic mass is 10.1. The fourth-order valence-corrected chi connectivity index (χ4v) is 2.87. The molecule has 1 fully saturated rings. The Morgan fingerprint density at radius 2 is 2.35 bits per heavy atom. The van der Waals surface area contributed by atoms with E-state index in [9.17, 15) is 4.79 Å². The first-order chi connectivity index (χ1) is 9.66. The number of nitrogens with zero attached hydrogens (tertiary/aromatic N) is 4. The van der Waals surface area contributed by atoms with Crippen LogP contribution in [-0.4, -0.2) is 25.0 Å². The summed E-state index contributed by atoms with van der Waals surface area (Å²) in [6.45, 7) is 4.51. The normalized spacial score (nSPS) is 14.8. The van der Waals surface area contributed by atoms with E-state index >= 15 is 0 Å². The molecule has 2 aromatic heterocycles. The van der Waals surface area contributed by atoms with E-state index in [4.69, 9.17) is 0 Å². The van der Waals surface area contributed by atoms with Crippen molar-refractivity contribution in [1.29, 1.82) is 0 Å². The van der Waals surface area contributed by atoms with E-state index in [2.05, 4.69) is 24.5 Å². The molecule has 7 heteroatoms. The molecule has 20 heavy (non-hydrogen) atoms. The minimum atomic E-state index is -0.104. The first kappa shape index (κ1) is 13.2. The van der Waals surface area contributed by atoms with Gasteiger partial charge in [0.1, 0.15) is 4.88 Å². The first-order valence-corrected chi connectivity index (χ1v) is 7.55. The smallest absolute Gasteiger partial charge is 0.265 e. The lowest BCUT2D eigenvalue weighted by Gasteiger charge is -2.08. The molecule has 3 rings (SSSR count). The molecule has 1 aliphatic rings. The number of amides is 1. The van der Waals surface area contributed by atoms with E-state index in [-0.39, 0.29) is 11.8 Å². The molecule has 1 amide bonds. The zero-order valence-electron chi connectivity index (χ0n) is 11.5. The average Bonchev–Trinajstić information content (AvgIpc) is 2.97. The molecule has 6 nitrogen and oxygen atoms in total. The first-order valence-electron chi connectivity index (χ1n) is 6.78. The number of carbonyl (C=O) groups excluding carboxylic acids is 1. The lowest BCUT2D eigenvalue weighted by Crippen LogP contribution is -2.24. The Kier molecular flexibility index (Phi) is 3.52. The van der Waals surface area contributed by atoms with Crippen molar-refractivity contribution in [3.05, 3.63) is 28.8 Å². The van der Waals surface area contributed by atoms with Crippen LogP contribution in [0.3, 0.4) is 0 Å². The van der Waals surface area contributed by atoms with Gasteiger partial charge in [0.25, 0.3) is 5.91 Å². The SMILES string of the molecule is CC(C)c1nnsc1C(=O)NCc1cncn1C1CC1. The molecule has 1 N–H and O–H groups in total. The summed E-state index contributed by atoms with van der Waals surface area (Å²) in [5.74, 6) is 0.0961. The van der Waals surface area contributed by atoms with Crippen LogP contribution in [0.2, 0.25) is 0 Å². The van der Waals surface area contributed by atoms with Gasteiger partial charge in [-0.15, -0.1) is 5.10 Å². The van der Waals surface area contributed by atoms with Crippen LogP contribution in [-0.2, 0) is 6.54 Å². The molecule has 0 aliphatic heterocycles. The van der Waals surface area contributed by atoms with Gasteiger partial charge < -0.3 is 9.88 Å². The van der Waals surface area contributed by atoms with Crippen molar-refractivity contribution < 1.29 is 4.79 Å². The Morgan fingerprint density at radius 1 is 1.55 bits per heavy atom. The van der Waals surface area contributed by atoms with Crippen LogP contribution < -0.4 is 5.32 Å². The molecule has 2 heterocycles. The monoisotopic (exact) mass is 291 g/mol. The van der Waals surface area contributed by atoms with Crippen molar-refractivity contribution in [1.82, 2.24) is 24.5 Å². The average molecular weight is 291 g/mol. The van der Waals surface area contributed by atoms with Crippen LogP contribution in [0, 0.1) is 0 Å². The summed E-state index contributed by atoms with van der Waals surface area (Å²) in [4.78, 5) is 17.0. The van der Waals surface area contributed by atoms with Crippen molar-refractivity contribution in [2.75, 3.05) is 0 Å². The summed E-state index contributed by atoms with van der Waals surface area (Å²) in [5.41, 5.74) is 1.81. The van der Waals surface area contributed by atoms with Gasteiger partial charge in [0, 0.05) is 12.2 Å². The molecule has 0 aromatic carbocycles. The molecule has 0 bridgehead atoms. The van der Waals surface area contributed by atoms with Gasteiger partial charge in [0.15, 0.2) is 0 Å². The standard InChI is InChI=1S/C13H17N5OS/c1-8(2)11-12(20-17-16-11)13(19)15-6-10-5-14-7-18(10)9-3-4-9/h5,7-9H,3-4,6H2,1-2H3,(H,15,19). The third-order valence-corrected chi connectivity index (χ3v) is 4.12. The zero-order valence-corrected chi connectivity index (χ0v) is 12.4. The van der Waals surface area contributed by atoms with Crippen molar-refractivity contribution in [2.45, 2.75) is 45.2 Å². The Balaban J connectivity index is 1.67. The number of nitrogens with one attached hydrogen (secondary N) is 1. The Hall–Kier alpha value is -1.76. The van der Waals surface area contributed by atoms with Crippen molar-refractivity contribution in [3.8, 4) is 0 Å². The third kappa shape index (κ3) is 2.58. The summed E-state index contributed by atoms with van der Waals surface area (Å²) in [5, 5.41) is 6.96. The molecule has 0 atom stereocenters. The van der Waals surface area contributed by atoms with Crippen molar-refractivity contribution in [2.24, 2.45) is 0 Å². The molecular weight excluding hydrogens is 274 g/mol. The molecule has 0 spiro atoms. The maximum atomic E-state index is 12.2. The maximum absolute atomic E-state index is 12.2. The topological polar surface area (TPSA) is 72.7 Å². The molecule has 0 unspecified atom stereocenters. The van der Waals surface area contributed by atoms with Crippen LogP contribution in [0.5, 0.6) is 0 Å². The minimum Gasteiger partial charge on any atom is -0.346 e. The van der Waals surface area contributed by atoms with Crippen molar-refractivity contribution in [3.63, 3.8) is 0 Å². The summed E-state index contributed by atoms with van der Waals surface area (Å²) >= 11 is 1.15. The van der Waals surface area contributed by atoms with E-state index in [1.54, 1.807) is 0 Å². The van der Waals surface area contributed by atoms with E-state index in [1.165, 1.54) is 12.8 Å². The maximum Gasteiger partial charge on any atom is 0.265 e. The highest BCUT2D eigenvalue weighted by atomic mass is 32.1. The molecule has 2 aromatic rings. The van der Waals surface area contributed by atoms with Gasteiger partial charge in [-0.25, -0.2) is 4.98 Å². The summed E-state index contributed by atoms with van der Waals surface area (Å²) in [6, 6.07) is 0.570. The number of hydrogen-bond donors (Lipinski definition) is 1. The quantitative estimate of drug-likeness (QED) is 0.916. The van der Waals surface area contributed by atoms with Crippen LogP contribution >= 0.6 is 11.5 Å². The second-order valence-corrected chi connectivity index (χ2v) is 6.10. The second kappa shape index (κ2) is 5.32. The predicted molar refractivity (Wildman–Crippen MR) is 75.7 cm³/mol. The summed E-state index contributed by atoms with van der Waals surface area (Å²) in [7, 11) is 0. The summed E-state index contributed by atoms with van der Waals surface area (Å²) in [6.07, 6.45) is 6.06. The van der Waals surface area contributed by atoms with E-state index < -0.39 is 0 Å². The van der Waals surface area contributed by atoms with E-state index in [1.807, 2.05) is 26.4 Å².